The van der Waals surface area contributed by atoms with Crippen LogP contribution in [0.15, 0.2) is 48.5 Å². The molecule has 0 saturated carbocycles. The minimum atomic E-state index is -0.651. The van der Waals surface area contributed by atoms with Crippen LogP contribution in [0.5, 0.6) is 5.75 Å². The van der Waals surface area contributed by atoms with Crippen molar-refractivity contribution < 1.29 is 33.4 Å². The van der Waals surface area contributed by atoms with E-state index in [-0.39, 0.29) is 52.2 Å². The van der Waals surface area contributed by atoms with E-state index in [9.17, 15) is 19.2 Å². The number of anilines is 2. The summed E-state index contributed by atoms with van der Waals surface area (Å²) in [5.41, 5.74) is 1.68. The van der Waals surface area contributed by atoms with Gasteiger partial charge in [0.05, 0.1) is 48.4 Å². The van der Waals surface area contributed by atoms with Gasteiger partial charge in [0.15, 0.2) is 0 Å². The summed E-state index contributed by atoms with van der Waals surface area (Å²) in [7, 11) is 1.56. The van der Waals surface area contributed by atoms with Gasteiger partial charge >= 0.3 is 11.9 Å². The van der Waals surface area contributed by atoms with Crippen molar-refractivity contribution in [2.24, 2.45) is 0 Å². The molecule has 0 saturated heterocycles. The summed E-state index contributed by atoms with van der Waals surface area (Å²) in [6.07, 6.45) is 0.0532. The molecule has 0 spiro atoms. The molecule has 9 nitrogen and oxygen atoms in total. The number of ether oxygens (including phenoxy) is 3. The van der Waals surface area contributed by atoms with Gasteiger partial charge in [-0.2, -0.15) is 0 Å². The summed E-state index contributed by atoms with van der Waals surface area (Å²) in [4.78, 5) is 51.2. The van der Waals surface area contributed by atoms with Crippen LogP contribution in [-0.2, 0) is 20.7 Å². The van der Waals surface area contributed by atoms with Gasteiger partial charge in [0.25, 0.3) is 5.91 Å². The van der Waals surface area contributed by atoms with Crippen LogP contribution in [0.3, 0.4) is 0 Å². The Morgan fingerprint density at radius 3 is 2.16 bits per heavy atom. The van der Waals surface area contributed by atoms with Gasteiger partial charge in [0, 0.05) is 0 Å². The Labute approximate surface area is 218 Å². The molecular formula is C27H28N2O7S. The minimum absolute atomic E-state index is 0.0532. The molecule has 0 atom stereocenters. The van der Waals surface area contributed by atoms with Crippen LogP contribution in [0.1, 0.15) is 55.4 Å². The lowest BCUT2D eigenvalue weighted by molar-refractivity contribution is -0.115. The Morgan fingerprint density at radius 1 is 0.865 bits per heavy atom. The van der Waals surface area contributed by atoms with E-state index in [1.807, 2.05) is 0 Å². The van der Waals surface area contributed by atoms with Crippen molar-refractivity contribution in [1.29, 1.82) is 0 Å². The maximum atomic E-state index is 13.2. The third kappa shape index (κ3) is 6.73. The first kappa shape index (κ1) is 27.4. The fourth-order valence-electron chi connectivity index (χ4n) is 3.52. The standard InChI is InChI=1S/C27H28N2O7S/c1-5-35-26(32)19-9-7-8-10-20(19)28-24(31)23-16(3)22(27(33)36-6-2)25(37-23)29-21(30)15-17-11-13-18(34-4)14-12-17/h7-14H,5-6,15H2,1-4H3,(H,28,31)(H,29,30). The molecule has 3 aromatic rings. The lowest BCUT2D eigenvalue weighted by atomic mass is 10.1. The summed E-state index contributed by atoms with van der Waals surface area (Å²) in [5, 5.41) is 5.67. The van der Waals surface area contributed by atoms with Crippen molar-refractivity contribution in [2.75, 3.05) is 31.0 Å². The second-order valence-corrected chi connectivity index (χ2v) is 8.79. The molecule has 2 N–H and O–H groups in total. The average molecular weight is 525 g/mol. The van der Waals surface area contributed by atoms with E-state index in [0.717, 1.165) is 16.9 Å². The van der Waals surface area contributed by atoms with E-state index in [1.54, 1.807) is 76.4 Å². The van der Waals surface area contributed by atoms with Crippen molar-refractivity contribution in [3.63, 3.8) is 0 Å². The SMILES string of the molecule is CCOC(=O)c1ccccc1NC(=O)c1sc(NC(=O)Cc2ccc(OC)cc2)c(C(=O)OCC)c1C. The van der Waals surface area contributed by atoms with Crippen molar-refractivity contribution in [1.82, 2.24) is 0 Å². The highest BCUT2D eigenvalue weighted by Gasteiger charge is 2.27. The maximum Gasteiger partial charge on any atom is 0.341 e. The fraction of sp³-hybridized carbons (Fsp3) is 0.259. The molecule has 0 unspecified atom stereocenters. The summed E-state index contributed by atoms with van der Waals surface area (Å²) < 4.78 is 15.4. The van der Waals surface area contributed by atoms with Gasteiger partial charge in [-0.15, -0.1) is 11.3 Å². The zero-order valence-corrected chi connectivity index (χ0v) is 21.8. The number of amides is 2. The number of hydrogen-bond acceptors (Lipinski definition) is 8. The van der Waals surface area contributed by atoms with Gasteiger partial charge in [-0.1, -0.05) is 24.3 Å². The highest BCUT2D eigenvalue weighted by Crippen LogP contribution is 2.35. The fourth-order valence-corrected chi connectivity index (χ4v) is 4.63. The van der Waals surface area contributed by atoms with Crippen LogP contribution < -0.4 is 15.4 Å². The summed E-state index contributed by atoms with van der Waals surface area (Å²) in [6, 6.07) is 13.5. The van der Waals surface area contributed by atoms with Crippen LogP contribution in [0, 0.1) is 6.92 Å². The third-order valence-corrected chi connectivity index (χ3v) is 6.49. The Morgan fingerprint density at radius 2 is 1.51 bits per heavy atom. The van der Waals surface area contributed by atoms with Crippen molar-refractivity contribution in [3.05, 3.63) is 75.7 Å². The monoisotopic (exact) mass is 524 g/mol. The smallest absolute Gasteiger partial charge is 0.341 e. The van der Waals surface area contributed by atoms with Crippen LogP contribution in [0.25, 0.3) is 0 Å². The number of esters is 2. The number of thiophene rings is 1. The Kier molecular flexibility index (Phi) is 9.39. The first-order valence-electron chi connectivity index (χ1n) is 11.6. The molecule has 2 amide bonds. The summed E-state index contributed by atoms with van der Waals surface area (Å²) >= 11 is 0.956. The van der Waals surface area contributed by atoms with E-state index in [2.05, 4.69) is 10.6 Å². The Balaban J connectivity index is 1.88. The van der Waals surface area contributed by atoms with E-state index in [0.29, 0.717) is 11.3 Å². The van der Waals surface area contributed by atoms with Gasteiger partial charge in [0.1, 0.15) is 10.8 Å². The van der Waals surface area contributed by atoms with Gasteiger partial charge in [-0.05, 0) is 56.2 Å². The predicted molar refractivity (Wildman–Crippen MR) is 141 cm³/mol. The lowest BCUT2D eigenvalue weighted by Crippen LogP contribution is -2.17. The molecule has 3 rings (SSSR count). The third-order valence-electron chi connectivity index (χ3n) is 5.28. The normalized spacial score (nSPS) is 10.4. The molecule has 194 valence electrons. The van der Waals surface area contributed by atoms with E-state index >= 15 is 0 Å². The van der Waals surface area contributed by atoms with Crippen molar-refractivity contribution >= 4 is 45.8 Å². The van der Waals surface area contributed by atoms with Crippen molar-refractivity contribution in [3.8, 4) is 5.75 Å². The molecule has 0 aliphatic carbocycles. The zero-order chi connectivity index (χ0) is 26.9. The topological polar surface area (TPSA) is 120 Å². The maximum absolute atomic E-state index is 13.2. The van der Waals surface area contributed by atoms with E-state index < -0.39 is 17.8 Å². The highest BCUT2D eigenvalue weighted by molar-refractivity contribution is 7.19. The number of carbonyl (C=O) groups is 4. The van der Waals surface area contributed by atoms with Gasteiger partial charge < -0.3 is 24.8 Å². The first-order valence-corrected chi connectivity index (χ1v) is 12.4. The molecule has 1 aromatic heterocycles. The number of hydrogen-bond donors (Lipinski definition) is 2. The number of rotatable bonds is 10. The Bertz CT molecular complexity index is 1300. The molecule has 0 fully saturated rings. The zero-order valence-electron chi connectivity index (χ0n) is 21.0. The predicted octanol–water partition coefficient (Wildman–Crippen LogP) is 4.85. The molecule has 0 aliphatic heterocycles. The molecule has 0 bridgehead atoms. The largest absolute Gasteiger partial charge is 0.497 e. The number of nitrogens with one attached hydrogen (secondary N) is 2. The molecule has 10 heteroatoms. The molecule has 37 heavy (non-hydrogen) atoms. The van der Waals surface area contributed by atoms with Gasteiger partial charge in [-0.3, -0.25) is 9.59 Å². The number of carbonyl (C=O) groups excluding carboxylic acids is 4. The van der Waals surface area contributed by atoms with Crippen LogP contribution in [0.2, 0.25) is 0 Å². The highest BCUT2D eigenvalue weighted by atomic mass is 32.1. The number of benzene rings is 2. The van der Waals surface area contributed by atoms with Crippen LogP contribution >= 0.6 is 11.3 Å². The molecule has 1 heterocycles. The van der Waals surface area contributed by atoms with E-state index in [1.165, 1.54) is 0 Å². The van der Waals surface area contributed by atoms with Crippen LogP contribution in [-0.4, -0.2) is 44.1 Å². The lowest BCUT2D eigenvalue weighted by Gasteiger charge is -2.10. The summed E-state index contributed by atoms with van der Waals surface area (Å²) in [6.45, 7) is 5.28. The average Bonchev–Trinajstić information content (AvgIpc) is 3.20. The molecule has 0 radical (unpaired) electrons. The van der Waals surface area contributed by atoms with Crippen molar-refractivity contribution in [2.45, 2.75) is 27.2 Å². The number of para-hydroxylation sites is 1. The molecule has 2 aromatic carbocycles. The summed E-state index contributed by atoms with van der Waals surface area (Å²) in [5.74, 6) is -1.46. The second-order valence-electron chi connectivity index (χ2n) is 7.77. The van der Waals surface area contributed by atoms with Gasteiger partial charge in [0.2, 0.25) is 5.91 Å². The number of methoxy groups -OCH3 is 1. The Hall–Kier alpha value is -4.18. The molecule has 0 aliphatic rings. The van der Waals surface area contributed by atoms with E-state index in [4.69, 9.17) is 14.2 Å². The van der Waals surface area contributed by atoms with Crippen LogP contribution in [0.4, 0.5) is 10.7 Å². The minimum Gasteiger partial charge on any atom is -0.497 e. The quantitative estimate of drug-likeness (QED) is 0.364. The molecular weight excluding hydrogens is 496 g/mol. The van der Waals surface area contributed by atoms with Gasteiger partial charge in [-0.25, -0.2) is 9.59 Å². The second kappa shape index (κ2) is 12.7. The first-order chi connectivity index (χ1) is 17.8.